The predicted molar refractivity (Wildman–Crippen MR) is 167 cm³/mol. The quantitative estimate of drug-likeness (QED) is 0.370. The Bertz CT molecular complexity index is 1280. The van der Waals surface area contributed by atoms with Gasteiger partial charge in [-0.3, -0.25) is 4.21 Å². The van der Waals surface area contributed by atoms with E-state index in [2.05, 4.69) is 32.9 Å². The standard InChI is InChI=1S/C37H50O4S/c1-34-20-21-37(38,25-32(26-10-6-4-7-11-26)42(39)28-12-8-5-9-13-28)24-27(34)14-15-29-30-16-17-33(36(3)40-22-23-41-36)35(30,2)19-18-31(29)34/h4-13,27,29-33,38H,14-25H2,1-3H3/t27-,29-,30-,31-,32?,33-,34-,35-,37+,42?/m0/s1. The van der Waals surface area contributed by atoms with Crippen LogP contribution in [0.2, 0.25) is 0 Å². The fourth-order valence-corrected chi connectivity index (χ4v) is 12.8. The highest BCUT2D eigenvalue weighted by atomic mass is 32.2. The van der Waals surface area contributed by atoms with Crippen LogP contribution >= 0.6 is 0 Å². The van der Waals surface area contributed by atoms with Crippen molar-refractivity contribution in [2.75, 3.05) is 13.2 Å². The molecule has 0 bridgehead atoms. The van der Waals surface area contributed by atoms with Gasteiger partial charge in [-0.05, 0) is 123 Å². The molecule has 5 aliphatic rings. The second-order valence-electron chi connectivity index (χ2n) is 15.2. The van der Waals surface area contributed by atoms with Gasteiger partial charge in [-0.25, -0.2) is 0 Å². The Balaban J connectivity index is 1.10. The van der Waals surface area contributed by atoms with Crippen LogP contribution in [0.25, 0.3) is 0 Å². The van der Waals surface area contributed by atoms with Crippen molar-refractivity contribution in [3.8, 4) is 0 Å². The van der Waals surface area contributed by atoms with Gasteiger partial charge in [0.15, 0.2) is 5.79 Å². The molecule has 0 amide bonds. The predicted octanol–water partition coefficient (Wildman–Crippen LogP) is 8.08. The number of hydrogen-bond donors (Lipinski definition) is 1. The normalized spacial score (nSPS) is 42.2. The van der Waals surface area contributed by atoms with Crippen LogP contribution in [0.1, 0.15) is 95.8 Å². The van der Waals surface area contributed by atoms with Crippen molar-refractivity contribution in [2.45, 2.75) is 107 Å². The highest BCUT2D eigenvalue weighted by Gasteiger charge is 2.64. The summed E-state index contributed by atoms with van der Waals surface area (Å²) in [5.41, 5.74) is 0.856. The number of ether oxygens (including phenoxy) is 2. The summed E-state index contributed by atoms with van der Waals surface area (Å²) in [4.78, 5) is 0.846. The third-order valence-corrected chi connectivity index (χ3v) is 15.0. The highest BCUT2D eigenvalue weighted by molar-refractivity contribution is 7.85. The number of aliphatic hydroxyl groups is 1. The molecular formula is C37H50O4S. The summed E-state index contributed by atoms with van der Waals surface area (Å²) in [6.07, 6.45) is 10.9. The van der Waals surface area contributed by atoms with Gasteiger partial charge < -0.3 is 14.6 Å². The summed E-state index contributed by atoms with van der Waals surface area (Å²) >= 11 is 0. The first-order valence-corrected chi connectivity index (χ1v) is 17.9. The first-order chi connectivity index (χ1) is 20.2. The van der Waals surface area contributed by atoms with E-state index in [1.54, 1.807) is 0 Å². The van der Waals surface area contributed by atoms with E-state index in [0.29, 0.717) is 23.7 Å². The van der Waals surface area contributed by atoms with Gasteiger partial charge in [0.05, 0.1) is 34.9 Å². The monoisotopic (exact) mass is 590 g/mol. The van der Waals surface area contributed by atoms with E-state index in [1.807, 2.05) is 48.5 Å². The van der Waals surface area contributed by atoms with Gasteiger partial charge in [-0.15, -0.1) is 0 Å². The molecule has 1 N–H and O–H groups in total. The molecule has 4 saturated carbocycles. The van der Waals surface area contributed by atoms with Crippen molar-refractivity contribution in [2.24, 2.45) is 40.4 Å². The highest BCUT2D eigenvalue weighted by Crippen LogP contribution is 2.69. The Labute approximate surface area is 255 Å². The summed E-state index contributed by atoms with van der Waals surface area (Å²) in [6, 6.07) is 20.1. The topological polar surface area (TPSA) is 55.8 Å². The molecule has 1 aliphatic heterocycles. The van der Waals surface area contributed by atoms with Crippen molar-refractivity contribution in [3.63, 3.8) is 0 Å². The first-order valence-electron chi connectivity index (χ1n) is 16.7. The summed E-state index contributed by atoms with van der Waals surface area (Å²) in [5.74, 6) is 2.86. The minimum absolute atomic E-state index is 0.216. The zero-order chi connectivity index (χ0) is 29.2. The fraction of sp³-hybridized carbons (Fsp3) is 0.676. The fourth-order valence-electron chi connectivity index (χ4n) is 11.1. The number of rotatable bonds is 6. The van der Waals surface area contributed by atoms with E-state index >= 15 is 0 Å². The average Bonchev–Trinajstić information content (AvgIpc) is 3.61. The lowest BCUT2D eigenvalue weighted by atomic mass is 9.43. The SMILES string of the molecule is CC1([C@H]2CC[C@H]3[C@@H]4CC[C@H]5C[C@@](O)(CC(c6ccccc6)S(=O)c6ccccc6)CC[C@]5(C)[C@H]4CC[C@]23C)OCCO1. The summed E-state index contributed by atoms with van der Waals surface area (Å²) in [7, 11) is -1.22. The Morgan fingerprint density at radius 3 is 2.19 bits per heavy atom. The molecule has 1 saturated heterocycles. The molecule has 2 aromatic rings. The molecule has 1 heterocycles. The lowest BCUT2D eigenvalue weighted by Crippen LogP contribution is -2.57. The molecule has 5 fully saturated rings. The maximum atomic E-state index is 14.0. The second kappa shape index (κ2) is 10.8. The van der Waals surface area contributed by atoms with Crippen LogP contribution in [0.5, 0.6) is 0 Å². The van der Waals surface area contributed by atoms with Gasteiger partial charge >= 0.3 is 0 Å². The Hall–Kier alpha value is -1.53. The van der Waals surface area contributed by atoms with Crippen LogP contribution in [0.3, 0.4) is 0 Å². The third-order valence-electron chi connectivity index (χ3n) is 13.3. The largest absolute Gasteiger partial charge is 0.390 e. The summed E-state index contributed by atoms with van der Waals surface area (Å²) in [6.45, 7) is 8.80. The third kappa shape index (κ3) is 4.76. The summed E-state index contributed by atoms with van der Waals surface area (Å²) < 4.78 is 26.4. The molecule has 10 atom stereocenters. The van der Waals surface area contributed by atoms with Gasteiger partial charge in [0.1, 0.15) is 0 Å². The lowest BCUT2D eigenvalue weighted by Gasteiger charge is -2.62. The van der Waals surface area contributed by atoms with Crippen LogP contribution in [-0.2, 0) is 20.3 Å². The van der Waals surface area contributed by atoms with Gasteiger partial charge in [-0.1, -0.05) is 62.4 Å². The van der Waals surface area contributed by atoms with Gasteiger partial charge in [0, 0.05) is 10.8 Å². The Morgan fingerprint density at radius 2 is 1.48 bits per heavy atom. The smallest absolute Gasteiger partial charge is 0.169 e. The lowest BCUT2D eigenvalue weighted by molar-refractivity contribution is -0.220. The first kappa shape index (κ1) is 29.2. The van der Waals surface area contributed by atoms with E-state index in [9.17, 15) is 9.32 Å². The van der Waals surface area contributed by atoms with Crippen LogP contribution < -0.4 is 0 Å². The van der Waals surface area contributed by atoms with Crippen LogP contribution in [0, 0.1) is 40.4 Å². The van der Waals surface area contributed by atoms with E-state index in [1.165, 1.54) is 38.5 Å². The van der Waals surface area contributed by atoms with Gasteiger partial charge in [0.2, 0.25) is 0 Å². The molecule has 2 unspecified atom stereocenters. The van der Waals surface area contributed by atoms with E-state index < -0.39 is 22.2 Å². The maximum Gasteiger partial charge on any atom is 0.169 e. The molecule has 42 heavy (non-hydrogen) atoms. The van der Waals surface area contributed by atoms with Gasteiger partial charge in [0.25, 0.3) is 0 Å². The zero-order valence-corrected chi connectivity index (χ0v) is 26.6. The van der Waals surface area contributed by atoms with E-state index in [4.69, 9.17) is 9.47 Å². The molecular weight excluding hydrogens is 540 g/mol. The van der Waals surface area contributed by atoms with Crippen molar-refractivity contribution in [3.05, 3.63) is 66.2 Å². The van der Waals surface area contributed by atoms with Crippen molar-refractivity contribution in [1.82, 2.24) is 0 Å². The van der Waals surface area contributed by atoms with Crippen LogP contribution in [-0.4, -0.2) is 33.9 Å². The second-order valence-corrected chi connectivity index (χ2v) is 16.8. The van der Waals surface area contributed by atoms with Crippen molar-refractivity contribution < 1.29 is 18.8 Å². The molecule has 0 spiro atoms. The molecule has 7 rings (SSSR count). The Kier molecular flexibility index (Phi) is 7.52. The molecule has 0 aromatic heterocycles. The van der Waals surface area contributed by atoms with Crippen LogP contribution in [0.15, 0.2) is 65.6 Å². The molecule has 5 heteroatoms. The molecule has 228 valence electrons. The number of fused-ring (bicyclic) bond motifs is 5. The zero-order valence-electron chi connectivity index (χ0n) is 25.8. The summed E-state index contributed by atoms with van der Waals surface area (Å²) in [5, 5.41) is 12.0. The molecule has 0 radical (unpaired) electrons. The molecule has 4 aliphatic carbocycles. The maximum absolute atomic E-state index is 14.0. The average molecular weight is 591 g/mol. The Morgan fingerprint density at radius 1 is 0.810 bits per heavy atom. The molecule has 2 aromatic carbocycles. The van der Waals surface area contributed by atoms with Crippen LogP contribution in [0.4, 0.5) is 0 Å². The van der Waals surface area contributed by atoms with Crippen molar-refractivity contribution >= 4 is 10.8 Å². The minimum atomic E-state index is -1.22. The minimum Gasteiger partial charge on any atom is -0.390 e. The number of benzene rings is 2. The van der Waals surface area contributed by atoms with E-state index in [-0.39, 0.29) is 10.7 Å². The van der Waals surface area contributed by atoms with Gasteiger partial charge in [-0.2, -0.15) is 0 Å². The molecule has 4 nitrogen and oxygen atoms in total. The van der Waals surface area contributed by atoms with E-state index in [0.717, 1.165) is 60.7 Å². The van der Waals surface area contributed by atoms with Crippen molar-refractivity contribution in [1.29, 1.82) is 0 Å². The number of hydrogen-bond acceptors (Lipinski definition) is 4.